The molecule has 0 aromatic carbocycles. The highest BCUT2D eigenvalue weighted by atomic mass is 16.5. The van der Waals surface area contributed by atoms with Crippen LogP contribution in [0.2, 0.25) is 0 Å². The molecule has 3 aliphatic carbocycles. The molecule has 3 saturated carbocycles. The van der Waals surface area contributed by atoms with Crippen LogP contribution in [-0.4, -0.2) is 18.8 Å². The molecule has 0 aliphatic heterocycles. The molecule has 3 aliphatic rings. The number of hydrogen-bond acceptors (Lipinski definition) is 2. The molecule has 3 atom stereocenters. The Morgan fingerprint density at radius 1 is 1.06 bits per heavy atom. The van der Waals surface area contributed by atoms with Crippen molar-refractivity contribution in [3.63, 3.8) is 0 Å². The van der Waals surface area contributed by atoms with Crippen LogP contribution in [0.1, 0.15) is 57.8 Å². The van der Waals surface area contributed by atoms with Gasteiger partial charge in [0.05, 0.1) is 12.2 Å². The van der Waals surface area contributed by atoms with Gasteiger partial charge in [0.1, 0.15) is 0 Å². The van der Waals surface area contributed by atoms with Gasteiger partial charge in [-0.1, -0.05) is 25.7 Å². The molecule has 2 heteroatoms. The fraction of sp³-hybridized carbons (Fsp3) is 1.00. The number of nitrogens with two attached hydrogens (primary N) is 1. The quantitative estimate of drug-likeness (QED) is 0.815. The molecule has 2 bridgehead atoms. The lowest BCUT2D eigenvalue weighted by molar-refractivity contribution is -0.0824. The minimum Gasteiger partial charge on any atom is -0.373 e. The average Bonchev–Trinajstić information content (AvgIpc) is 3.00. The van der Waals surface area contributed by atoms with Crippen LogP contribution in [0, 0.1) is 17.8 Å². The van der Waals surface area contributed by atoms with Crippen LogP contribution in [0.3, 0.4) is 0 Å². The SMILES string of the molecule is NCC1(OCC2CC3CCC2C3)CCCCC1. The minimum absolute atomic E-state index is 0.0556. The predicted molar refractivity (Wildman–Crippen MR) is 69.8 cm³/mol. The number of ether oxygens (including phenoxy) is 1. The molecule has 3 rings (SSSR count). The van der Waals surface area contributed by atoms with E-state index in [2.05, 4.69) is 0 Å². The van der Waals surface area contributed by atoms with Gasteiger partial charge < -0.3 is 10.5 Å². The van der Waals surface area contributed by atoms with Gasteiger partial charge in [-0.2, -0.15) is 0 Å². The van der Waals surface area contributed by atoms with E-state index in [0.29, 0.717) is 0 Å². The summed E-state index contributed by atoms with van der Waals surface area (Å²) in [6.45, 7) is 1.73. The largest absolute Gasteiger partial charge is 0.373 e. The third-order valence-corrected chi connectivity index (χ3v) is 5.62. The zero-order valence-electron chi connectivity index (χ0n) is 11.0. The van der Waals surface area contributed by atoms with E-state index in [1.807, 2.05) is 0 Å². The normalized spacial score (nSPS) is 39.7. The van der Waals surface area contributed by atoms with Gasteiger partial charge in [0.2, 0.25) is 0 Å². The Bertz CT molecular complexity index is 260. The highest BCUT2D eigenvalue weighted by molar-refractivity contribution is 4.91. The van der Waals surface area contributed by atoms with E-state index in [1.54, 1.807) is 0 Å². The van der Waals surface area contributed by atoms with Crippen LogP contribution >= 0.6 is 0 Å². The lowest BCUT2D eigenvalue weighted by Gasteiger charge is -2.38. The van der Waals surface area contributed by atoms with Crippen LogP contribution < -0.4 is 5.73 Å². The molecule has 2 N–H and O–H groups in total. The van der Waals surface area contributed by atoms with Crippen molar-refractivity contribution in [2.75, 3.05) is 13.2 Å². The van der Waals surface area contributed by atoms with Crippen LogP contribution in [0.15, 0.2) is 0 Å². The molecule has 0 aromatic heterocycles. The molecule has 3 unspecified atom stereocenters. The molecule has 98 valence electrons. The first-order valence-corrected chi connectivity index (χ1v) is 7.65. The Kier molecular flexibility index (Phi) is 3.45. The average molecular weight is 237 g/mol. The number of hydrogen-bond donors (Lipinski definition) is 1. The molecule has 3 fully saturated rings. The summed E-state index contributed by atoms with van der Waals surface area (Å²) in [5.74, 6) is 2.88. The summed E-state index contributed by atoms with van der Waals surface area (Å²) in [6.07, 6.45) is 12.3. The highest BCUT2D eigenvalue weighted by Crippen LogP contribution is 2.48. The summed E-state index contributed by atoms with van der Waals surface area (Å²) >= 11 is 0. The van der Waals surface area contributed by atoms with Gasteiger partial charge in [-0.3, -0.25) is 0 Å². The smallest absolute Gasteiger partial charge is 0.0804 e. The van der Waals surface area contributed by atoms with Gasteiger partial charge in [0.15, 0.2) is 0 Å². The molecule has 0 heterocycles. The molecule has 0 aromatic rings. The minimum atomic E-state index is 0.0556. The second-order valence-corrected chi connectivity index (χ2v) is 6.69. The first-order valence-electron chi connectivity index (χ1n) is 7.65. The van der Waals surface area contributed by atoms with Gasteiger partial charge in [-0.25, -0.2) is 0 Å². The van der Waals surface area contributed by atoms with Crippen LogP contribution in [0.4, 0.5) is 0 Å². The zero-order valence-corrected chi connectivity index (χ0v) is 11.0. The topological polar surface area (TPSA) is 35.2 Å². The van der Waals surface area contributed by atoms with E-state index < -0.39 is 0 Å². The molecule has 0 spiro atoms. The van der Waals surface area contributed by atoms with Gasteiger partial charge in [-0.15, -0.1) is 0 Å². The first kappa shape index (κ1) is 12.0. The second kappa shape index (κ2) is 4.89. The predicted octanol–water partition coefficient (Wildman–Crippen LogP) is 3.10. The van der Waals surface area contributed by atoms with Crippen molar-refractivity contribution < 1.29 is 4.74 Å². The van der Waals surface area contributed by atoms with Crippen molar-refractivity contribution >= 4 is 0 Å². The van der Waals surface area contributed by atoms with E-state index in [1.165, 1.54) is 57.8 Å². The summed E-state index contributed by atoms with van der Waals surface area (Å²) < 4.78 is 6.33. The summed E-state index contributed by atoms with van der Waals surface area (Å²) in [5.41, 5.74) is 6.03. The van der Waals surface area contributed by atoms with Crippen LogP contribution in [0.25, 0.3) is 0 Å². The van der Waals surface area contributed by atoms with Crippen molar-refractivity contribution in [1.82, 2.24) is 0 Å². The van der Waals surface area contributed by atoms with E-state index in [9.17, 15) is 0 Å². The zero-order chi connectivity index (χ0) is 11.7. The standard InChI is InChI=1S/C15H27NO/c16-11-15(6-2-1-3-7-15)17-10-14-9-12-4-5-13(14)8-12/h12-14H,1-11,16H2. The Labute approximate surface area is 105 Å². The number of rotatable bonds is 4. The van der Waals surface area contributed by atoms with Crippen LogP contribution in [-0.2, 0) is 4.74 Å². The fourth-order valence-corrected chi connectivity index (χ4v) is 4.47. The Morgan fingerprint density at radius 2 is 1.88 bits per heavy atom. The van der Waals surface area contributed by atoms with E-state index in [0.717, 1.165) is 30.9 Å². The van der Waals surface area contributed by atoms with Crippen molar-refractivity contribution in [3.8, 4) is 0 Å². The van der Waals surface area contributed by atoms with Crippen molar-refractivity contribution in [1.29, 1.82) is 0 Å². The molecule has 0 radical (unpaired) electrons. The van der Waals surface area contributed by atoms with Crippen LogP contribution in [0.5, 0.6) is 0 Å². The first-order chi connectivity index (χ1) is 8.31. The summed E-state index contributed by atoms with van der Waals surface area (Å²) in [6, 6.07) is 0. The molecule has 2 nitrogen and oxygen atoms in total. The van der Waals surface area contributed by atoms with E-state index >= 15 is 0 Å². The Hall–Kier alpha value is -0.0800. The third-order valence-electron chi connectivity index (χ3n) is 5.62. The Morgan fingerprint density at radius 3 is 2.47 bits per heavy atom. The summed E-state index contributed by atoms with van der Waals surface area (Å²) in [4.78, 5) is 0. The lowest BCUT2D eigenvalue weighted by atomic mass is 9.84. The second-order valence-electron chi connectivity index (χ2n) is 6.69. The maximum absolute atomic E-state index is 6.33. The Balaban J connectivity index is 1.52. The fourth-order valence-electron chi connectivity index (χ4n) is 4.47. The van der Waals surface area contributed by atoms with Crippen molar-refractivity contribution in [3.05, 3.63) is 0 Å². The van der Waals surface area contributed by atoms with Crippen molar-refractivity contribution in [2.24, 2.45) is 23.5 Å². The molecular weight excluding hydrogens is 210 g/mol. The summed E-state index contributed by atoms with van der Waals surface area (Å²) in [5, 5.41) is 0. The lowest BCUT2D eigenvalue weighted by Crippen LogP contribution is -2.43. The van der Waals surface area contributed by atoms with Gasteiger partial charge in [-0.05, 0) is 49.9 Å². The van der Waals surface area contributed by atoms with Crippen molar-refractivity contribution in [2.45, 2.75) is 63.4 Å². The van der Waals surface area contributed by atoms with Gasteiger partial charge in [0.25, 0.3) is 0 Å². The molecule has 17 heavy (non-hydrogen) atoms. The van der Waals surface area contributed by atoms with Gasteiger partial charge >= 0.3 is 0 Å². The molecular formula is C15H27NO. The highest BCUT2D eigenvalue weighted by Gasteiger charge is 2.41. The monoisotopic (exact) mass is 237 g/mol. The van der Waals surface area contributed by atoms with Gasteiger partial charge in [0, 0.05) is 6.54 Å². The molecule has 0 amide bonds. The van der Waals surface area contributed by atoms with E-state index in [4.69, 9.17) is 10.5 Å². The summed E-state index contributed by atoms with van der Waals surface area (Å²) in [7, 11) is 0. The molecule has 0 saturated heterocycles. The maximum atomic E-state index is 6.33. The maximum Gasteiger partial charge on any atom is 0.0804 e. The third kappa shape index (κ3) is 2.39. The number of fused-ring (bicyclic) bond motifs is 2. The van der Waals surface area contributed by atoms with E-state index in [-0.39, 0.29) is 5.60 Å².